The number of aromatic nitrogens is 3. The summed E-state index contributed by atoms with van der Waals surface area (Å²) >= 11 is 1.60. The van der Waals surface area contributed by atoms with Crippen molar-refractivity contribution in [1.29, 1.82) is 0 Å². The second-order valence-corrected chi connectivity index (χ2v) is 4.90. The van der Waals surface area contributed by atoms with Crippen LogP contribution in [0.15, 0.2) is 11.6 Å². The molecule has 0 fully saturated rings. The van der Waals surface area contributed by atoms with Crippen molar-refractivity contribution in [3.63, 3.8) is 0 Å². The molecule has 0 unspecified atom stereocenters. The molecule has 0 aliphatic heterocycles. The van der Waals surface area contributed by atoms with Crippen LogP contribution in [-0.2, 0) is 13.5 Å². The number of amides is 1. The van der Waals surface area contributed by atoms with Crippen molar-refractivity contribution in [2.24, 2.45) is 7.05 Å². The molecule has 0 saturated carbocycles. The highest BCUT2D eigenvalue weighted by Crippen LogP contribution is 2.10. The highest BCUT2D eigenvalue weighted by molar-refractivity contribution is 7.09. The van der Waals surface area contributed by atoms with Crippen LogP contribution in [0.4, 0.5) is 5.69 Å². The molecule has 96 valence electrons. The monoisotopic (exact) mass is 265 g/mol. The van der Waals surface area contributed by atoms with Crippen molar-refractivity contribution in [3.8, 4) is 0 Å². The molecule has 6 nitrogen and oxygen atoms in total. The van der Waals surface area contributed by atoms with E-state index in [4.69, 9.17) is 5.73 Å². The lowest BCUT2D eigenvalue weighted by molar-refractivity contribution is 0.0945. The summed E-state index contributed by atoms with van der Waals surface area (Å²) in [5, 5.41) is 9.75. The summed E-state index contributed by atoms with van der Waals surface area (Å²) < 4.78 is 1.47. The molecule has 0 radical (unpaired) electrons. The standard InChI is InChI=1S/C11H15N5OS/c1-7-6-18-9(15-7)3-4-13-11(17)10-8(12)5-14-16(10)2/h5-6H,3-4,12H2,1-2H3,(H,13,17). The predicted molar refractivity (Wildman–Crippen MR) is 70.5 cm³/mol. The van der Waals surface area contributed by atoms with Gasteiger partial charge in [-0.05, 0) is 6.92 Å². The van der Waals surface area contributed by atoms with Crippen molar-refractivity contribution in [1.82, 2.24) is 20.1 Å². The molecule has 0 saturated heterocycles. The van der Waals surface area contributed by atoms with E-state index >= 15 is 0 Å². The van der Waals surface area contributed by atoms with Gasteiger partial charge in [-0.25, -0.2) is 4.98 Å². The molecule has 0 aromatic carbocycles. The van der Waals surface area contributed by atoms with Crippen LogP contribution in [0.5, 0.6) is 0 Å². The predicted octanol–water partition coefficient (Wildman–Crippen LogP) is 0.740. The Labute approximate surface area is 109 Å². The average molecular weight is 265 g/mol. The van der Waals surface area contributed by atoms with E-state index in [0.29, 0.717) is 17.9 Å². The fourth-order valence-electron chi connectivity index (χ4n) is 1.62. The van der Waals surface area contributed by atoms with Gasteiger partial charge in [0.05, 0.1) is 16.9 Å². The maximum absolute atomic E-state index is 11.9. The van der Waals surface area contributed by atoms with Crippen molar-refractivity contribution in [2.75, 3.05) is 12.3 Å². The van der Waals surface area contributed by atoms with E-state index in [1.54, 1.807) is 18.4 Å². The highest BCUT2D eigenvalue weighted by Gasteiger charge is 2.14. The number of nitrogens with two attached hydrogens (primary N) is 1. The van der Waals surface area contributed by atoms with E-state index in [1.165, 1.54) is 10.9 Å². The van der Waals surface area contributed by atoms with Crippen LogP contribution in [0.3, 0.4) is 0 Å². The lowest BCUT2D eigenvalue weighted by Crippen LogP contribution is -2.28. The van der Waals surface area contributed by atoms with Gasteiger partial charge in [-0.15, -0.1) is 11.3 Å². The van der Waals surface area contributed by atoms with E-state index in [1.807, 2.05) is 12.3 Å². The van der Waals surface area contributed by atoms with Crippen molar-refractivity contribution in [3.05, 3.63) is 28.0 Å². The Morgan fingerprint density at radius 2 is 2.39 bits per heavy atom. The van der Waals surface area contributed by atoms with Crippen molar-refractivity contribution >= 4 is 22.9 Å². The summed E-state index contributed by atoms with van der Waals surface area (Å²) in [5.74, 6) is -0.208. The third kappa shape index (κ3) is 2.67. The van der Waals surface area contributed by atoms with Crippen LogP contribution in [0.1, 0.15) is 21.2 Å². The van der Waals surface area contributed by atoms with Crippen molar-refractivity contribution < 1.29 is 4.79 Å². The maximum Gasteiger partial charge on any atom is 0.271 e. The third-order valence-corrected chi connectivity index (χ3v) is 3.50. The lowest BCUT2D eigenvalue weighted by atomic mass is 10.3. The largest absolute Gasteiger partial charge is 0.396 e. The van der Waals surface area contributed by atoms with E-state index in [2.05, 4.69) is 15.4 Å². The van der Waals surface area contributed by atoms with Crippen LogP contribution < -0.4 is 11.1 Å². The van der Waals surface area contributed by atoms with E-state index in [9.17, 15) is 4.79 Å². The minimum absolute atomic E-state index is 0.208. The number of carbonyl (C=O) groups excluding carboxylic acids is 1. The summed E-state index contributed by atoms with van der Waals surface area (Å²) in [4.78, 5) is 16.2. The average Bonchev–Trinajstić information content (AvgIpc) is 2.86. The molecule has 2 aromatic rings. The number of anilines is 1. The van der Waals surface area contributed by atoms with Crippen LogP contribution in [-0.4, -0.2) is 27.2 Å². The van der Waals surface area contributed by atoms with Gasteiger partial charge in [0, 0.05) is 31.1 Å². The first-order chi connectivity index (χ1) is 8.58. The summed E-state index contributed by atoms with van der Waals surface area (Å²) in [6, 6.07) is 0. The fraction of sp³-hybridized carbons (Fsp3) is 0.364. The molecule has 2 aromatic heterocycles. The smallest absolute Gasteiger partial charge is 0.271 e. The first kappa shape index (κ1) is 12.6. The van der Waals surface area contributed by atoms with Gasteiger partial charge in [0.1, 0.15) is 5.69 Å². The summed E-state index contributed by atoms with van der Waals surface area (Å²) in [5.41, 5.74) is 7.47. The SMILES string of the molecule is Cc1csc(CCNC(=O)c2c(N)cnn2C)n1. The number of nitrogen functional groups attached to an aromatic ring is 1. The van der Waals surface area contributed by atoms with Crippen LogP contribution in [0.2, 0.25) is 0 Å². The van der Waals surface area contributed by atoms with Gasteiger partial charge in [0.25, 0.3) is 5.91 Å². The molecule has 0 spiro atoms. The number of nitrogens with one attached hydrogen (secondary N) is 1. The second-order valence-electron chi connectivity index (χ2n) is 3.96. The molecule has 0 aliphatic rings. The number of thiazole rings is 1. The second kappa shape index (κ2) is 5.18. The van der Waals surface area contributed by atoms with Crippen LogP contribution in [0.25, 0.3) is 0 Å². The Balaban J connectivity index is 1.89. The van der Waals surface area contributed by atoms with Gasteiger partial charge in [-0.3, -0.25) is 9.48 Å². The summed E-state index contributed by atoms with van der Waals surface area (Å²) in [6.07, 6.45) is 2.20. The zero-order chi connectivity index (χ0) is 13.1. The summed E-state index contributed by atoms with van der Waals surface area (Å²) in [7, 11) is 1.69. The van der Waals surface area contributed by atoms with Gasteiger partial charge in [0.15, 0.2) is 0 Å². The number of rotatable bonds is 4. The zero-order valence-corrected chi connectivity index (χ0v) is 11.1. The lowest BCUT2D eigenvalue weighted by Gasteiger charge is -2.05. The topological polar surface area (TPSA) is 85.8 Å². The third-order valence-electron chi connectivity index (χ3n) is 2.47. The Morgan fingerprint density at radius 3 is 2.94 bits per heavy atom. The van der Waals surface area contributed by atoms with Gasteiger partial charge < -0.3 is 11.1 Å². The quantitative estimate of drug-likeness (QED) is 0.853. The van der Waals surface area contributed by atoms with E-state index in [-0.39, 0.29) is 5.91 Å². The minimum Gasteiger partial charge on any atom is -0.396 e. The Hall–Kier alpha value is -1.89. The number of aryl methyl sites for hydroxylation is 2. The highest BCUT2D eigenvalue weighted by atomic mass is 32.1. The molecular weight excluding hydrogens is 250 g/mol. The molecular formula is C11H15N5OS. The molecule has 2 rings (SSSR count). The number of carbonyl (C=O) groups is 1. The Bertz CT molecular complexity index is 540. The van der Waals surface area contributed by atoms with Gasteiger partial charge in [-0.1, -0.05) is 0 Å². The molecule has 3 N–H and O–H groups in total. The van der Waals surface area contributed by atoms with Crippen LogP contribution >= 0.6 is 11.3 Å². The molecule has 1 amide bonds. The maximum atomic E-state index is 11.9. The molecule has 7 heteroatoms. The van der Waals surface area contributed by atoms with Crippen molar-refractivity contribution in [2.45, 2.75) is 13.3 Å². The fourth-order valence-corrected chi connectivity index (χ4v) is 2.39. The molecule has 0 bridgehead atoms. The number of hydrogen-bond acceptors (Lipinski definition) is 5. The Kier molecular flexibility index (Phi) is 3.61. The van der Waals surface area contributed by atoms with E-state index in [0.717, 1.165) is 17.1 Å². The molecule has 0 atom stereocenters. The first-order valence-corrected chi connectivity index (χ1v) is 6.42. The molecule has 18 heavy (non-hydrogen) atoms. The normalized spacial score (nSPS) is 10.6. The van der Waals surface area contributed by atoms with Crippen LogP contribution in [0, 0.1) is 6.92 Å². The minimum atomic E-state index is -0.208. The molecule has 0 aliphatic carbocycles. The molecule has 2 heterocycles. The van der Waals surface area contributed by atoms with Gasteiger partial charge in [0.2, 0.25) is 0 Å². The van der Waals surface area contributed by atoms with E-state index < -0.39 is 0 Å². The first-order valence-electron chi connectivity index (χ1n) is 5.54. The Morgan fingerprint density at radius 1 is 1.61 bits per heavy atom. The number of hydrogen-bond donors (Lipinski definition) is 2. The summed E-state index contributed by atoms with van der Waals surface area (Å²) in [6.45, 7) is 2.49. The zero-order valence-electron chi connectivity index (χ0n) is 10.3. The van der Waals surface area contributed by atoms with Gasteiger partial charge >= 0.3 is 0 Å². The number of nitrogens with zero attached hydrogens (tertiary/aromatic N) is 3. The van der Waals surface area contributed by atoms with Gasteiger partial charge in [-0.2, -0.15) is 5.10 Å².